The predicted molar refractivity (Wildman–Crippen MR) is 402 cm³/mol. The van der Waals surface area contributed by atoms with E-state index in [0.29, 0.717) is 33.8 Å². The predicted octanol–water partition coefficient (Wildman–Crippen LogP) is 9.41. The van der Waals surface area contributed by atoms with E-state index in [1.165, 1.54) is 12.1 Å². The van der Waals surface area contributed by atoms with Gasteiger partial charge < -0.3 is 44.3 Å². The van der Waals surface area contributed by atoms with Gasteiger partial charge in [-0.3, -0.25) is 0 Å². The van der Waals surface area contributed by atoms with Crippen LogP contribution in [-0.2, 0) is 45.3 Å². The summed E-state index contributed by atoms with van der Waals surface area (Å²) in [7, 11) is 7.76. The first-order valence-corrected chi connectivity index (χ1v) is 42.7. The van der Waals surface area contributed by atoms with Gasteiger partial charge in [0.1, 0.15) is 22.7 Å². The number of nitrogens with one attached hydrogen (secondary N) is 4. The van der Waals surface area contributed by atoms with Gasteiger partial charge in [0.25, 0.3) is 18.1 Å². The number of anilines is 4. The molecule has 0 saturated carbocycles. The fraction of sp³-hybridized carbons (Fsp3) is 0.151. The topological polar surface area (TPSA) is 249 Å². The van der Waals surface area contributed by atoms with E-state index in [9.17, 15) is 42.1 Å². The van der Waals surface area contributed by atoms with Crippen molar-refractivity contribution < 1.29 is 85.7 Å². The molecule has 101 heavy (non-hydrogen) atoms. The maximum atomic E-state index is 12.7. The average Bonchev–Trinajstić information content (AvgIpc) is 0.749. The van der Waals surface area contributed by atoms with Crippen LogP contribution in [0.1, 0.15) is 44.5 Å². The molecule has 0 atom stereocenters. The Labute approximate surface area is 623 Å². The van der Waals surface area contributed by atoms with Crippen molar-refractivity contribution in [3.63, 3.8) is 0 Å². The minimum atomic E-state index is -4.02. The maximum Gasteiger partial charge on any atom is 0.261 e. The molecule has 12 rings (SSSR count). The minimum absolute atomic E-state index is 0. The third-order valence-corrected chi connectivity index (χ3v) is 18.0. The maximum absolute atomic E-state index is 12.7. The van der Waals surface area contributed by atoms with Gasteiger partial charge in [-0.2, -0.15) is 0 Å². The lowest BCUT2D eigenvalue weighted by Gasteiger charge is -2.18. The lowest BCUT2D eigenvalue weighted by molar-refractivity contribution is -0.404. The summed E-state index contributed by atoms with van der Waals surface area (Å²) < 4.78 is 120. The van der Waals surface area contributed by atoms with Gasteiger partial charge in [-0.1, -0.05) is 109 Å². The van der Waals surface area contributed by atoms with E-state index < -0.39 is 45.3 Å². The Kier molecular flexibility index (Phi) is 27.9. The van der Waals surface area contributed by atoms with Crippen LogP contribution in [0.3, 0.4) is 0 Å². The molecule has 0 radical (unpaired) electrons. The molecule has 4 N–H and O–H groups in total. The standard InChI is InChI=1S/2C35H29ClN2O3S.3CH3ClO2S.2ClH/c2*1-21-9-7-10-22(2)34(21)37-25-15-17-27-30(19-25)41-31-20-26(38-35-23(3)11-8-12-24(35)4)16-18-28(31)33(27)29-13-5-6-14-32(29)42(36,39)40;3*1-5(2,3)4;;/h2*5-20,37H,1-4H3;3*1H3;2*1H. The molecule has 8 aromatic carbocycles. The van der Waals surface area contributed by atoms with Crippen LogP contribution in [-0.4, -0.2) is 60.9 Å². The molecule has 4 aliphatic rings. The molecule has 8 aromatic rings. The number of benzene rings is 10. The molecule has 0 saturated heterocycles. The Morgan fingerprint density at radius 1 is 0.327 bits per heavy atom. The van der Waals surface area contributed by atoms with E-state index >= 15 is 0 Å². The molecule has 2 aliphatic heterocycles. The molecule has 0 unspecified atom stereocenters. The van der Waals surface area contributed by atoms with Crippen LogP contribution in [0, 0.1) is 55.4 Å². The molecular formula is C73H69Cl7N4O12S5. The molecule has 0 fully saturated rings. The fourth-order valence-electron chi connectivity index (χ4n) is 11.1. The van der Waals surface area contributed by atoms with Crippen LogP contribution >= 0.6 is 53.4 Å². The summed E-state index contributed by atoms with van der Waals surface area (Å²) in [6.07, 6.45) is 2.78. The summed E-state index contributed by atoms with van der Waals surface area (Å²) >= 11 is 0. The zero-order chi connectivity index (χ0) is 72.7. The number of aryl methyl sites for hydroxylation is 8. The largest absolute Gasteiger partial charge is 1.00 e. The molecule has 0 amide bonds. The molecule has 0 aromatic heterocycles. The van der Waals surface area contributed by atoms with Crippen molar-refractivity contribution in [2.24, 2.45) is 0 Å². The second-order valence-corrected chi connectivity index (χ2v) is 37.5. The van der Waals surface area contributed by atoms with Gasteiger partial charge >= 0.3 is 0 Å². The highest BCUT2D eigenvalue weighted by Crippen LogP contribution is 2.46. The zero-order valence-electron chi connectivity index (χ0n) is 56.1. The van der Waals surface area contributed by atoms with E-state index in [-0.39, 0.29) is 34.6 Å². The SMILES string of the molecule is CS(=O)(=O)Cl.CS(=O)(=O)Cl.CS(=O)(=O)Cl.Cc1cccc(C)c1Nc1ccc2c(-c3ccccc3S(=O)(=O)Cl)c3ccc(=[NH+]c4c(C)cccc4C)cc-3oc2c1.Cc1cccc(C)c1Nc1ccc2c(-c3ccccc3S(=O)(=O)Cl)c3ccc(=[NH+]c4c(C)cccc4C)cc-3oc2c1.[Cl-].[Cl-]. The summed E-state index contributed by atoms with van der Waals surface area (Å²) in [4.78, 5) is 7.19. The summed E-state index contributed by atoms with van der Waals surface area (Å²) in [5.74, 6) is 1.22. The Bertz CT molecular complexity index is 5290. The van der Waals surface area contributed by atoms with Crippen molar-refractivity contribution in [3.05, 3.63) is 249 Å². The van der Waals surface area contributed by atoms with Crippen molar-refractivity contribution in [1.82, 2.24) is 0 Å². The van der Waals surface area contributed by atoms with Crippen molar-refractivity contribution >= 4 is 155 Å². The number of hydrogen-bond donors (Lipinski definition) is 4. The van der Waals surface area contributed by atoms with E-state index in [0.717, 1.165) is 141 Å². The number of hydrogen-bond acceptors (Lipinski definition) is 14. The van der Waals surface area contributed by atoms with E-state index in [1.54, 1.807) is 24.3 Å². The van der Waals surface area contributed by atoms with Crippen LogP contribution in [0.5, 0.6) is 0 Å². The fourth-order valence-corrected chi connectivity index (χ4v) is 13.2. The van der Waals surface area contributed by atoms with Crippen molar-refractivity contribution in [2.45, 2.75) is 65.2 Å². The number of rotatable bonds is 10. The Hall–Kier alpha value is -7.48. The molecule has 28 heteroatoms. The highest BCUT2D eigenvalue weighted by molar-refractivity contribution is 8.14. The minimum Gasteiger partial charge on any atom is -1.00 e. The second kappa shape index (κ2) is 34.2. The molecule has 532 valence electrons. The molecule has 2 aliphatic carbocycles. The van der Waals surface area contributed by atoms with Crippen LogP contribution in [0.15, 0.2) is 213 Å². The van der Waals surface area contributed by atoms with Crippen LogP contribution in [0.2, 0.25) is 0 Å². The highest BCUT2D eigenvalue weighted by Gasteiger charge is 2.27. The summed E-state index contributed by atoms with van der Waals surface area (Å²) in [5, 5.41) is 10.4. The van der Waals surface area contributed by atoms with Gasteiger partial charge in [-0.25, -0.2) is 52.1 Å². The summed E-state index contributed by atoms with van der Waals surface area (Å²) in [6, 6.07) is 61.9. The third kappa shape index (κ3) is 22.8. The first-order chi connectivity index (χ1) is 46.2. The van der Waals surface area contributed by atoms with Gasteiger partial charge in [-0.15, -0.1) is 0 Å². The Morgan fingerprint density at radius 3 is 0.891 bits per heavy atom. The molecule has 0 spiro atoms. The lowest BCUT2D eigenvalue weighted by atomic mass is 9.93. The quantitative estimate of drug-likeness (QED) is 0.0736. The van der Waals surface area contributed by atoms with E-state index in [1.807, 2.05) is 109 Å². The molecular weight excluding hydrogens is 1530 g/mol. The normalized spacial score (nSPS) is 11.9. The molecule has 0 bridgehead atoms. The number of fused-ring (bicyclic) bond motifs is 4. The van der Waals surface area contributed by atoms with Gasteiger partial charge in [0.15, 0.2) is 0 Å². The molecule has 16 nitrogen and oxygen atoms in total. The number of para-hydroxylation sites is 4. The van der Waals surface area contributed by atoms with Crippen LogP contribution < -0.4 is 56.1 Å². The smallest absolute Gasteiger partial charge is 0.261 e. The first kappa shape index (κ1) is 82.5. The molecule has 2 heterocycles. The van der Waals surface area contributed by atoms with Gasteiger partial charge in [-0.05, 0) is 126 Å². The van der Waals surface area contributed by atoms with Crippen LogP contribution in [0.25, 0.3) is 66.8 Å². The van der Waals surface area contributed by atoms with Crippen LogP contribution in [0.4, 0.5) is 34.1 Å². The monoisotopic (exact) mass is 1600 g/mol. The van der Waals surface area contributed by atoms with Crippen molar-refractivity contribution in [2.75, 3.05) is 29.4 Å². The van der Waals surface area contributed by atoms with Crippen molar-refractivity contribution in [3.8, 4) is 44.9 Å². The number of halogens is 7. The Morgan fingerprint density at radius 2 is 0.604 bits per heavy atom. The first-order valence-electron chi connectivity index (χ1n) is 30.0. The van der Waals surface area contributed by atoms with Crippen molar-refractivity contribution in [1.29, 1.82) is 0 Å². The zero-order valence-corrected chi connectivity index (χ0v) is 65.4. The highest BCUT2D eigenvalue weighted by atomic mass is 35.7. The Balaban J connectivity index is 0.000000260. The third-order valence-electron chi connectivity index (χ3n) is 15.3. The summed E-state index contributed by atoms with van der Waals surface area (Å²) in [6.45, 7) is 16.6. The van der Waals surface area contributed by atoms with Gasteiger partial charge in [0.05, 0.1) is 40.7 Å². The second-order valence-electron chi connectivity index (χ2n) is 23.3. The average molecular weight is 1600 g/mol. The van der Waals surface area contributed by atoms with Gasteiger partial charge in [0.2, 0.25) is 49.2 Å². The summed E-state index contributed by atoms with van der Waals surface area (Å²) in [5.41, 5.74) is 20.2. The van der Waals surface area contributed by atoms with Gasteiger partial charge in [0, 0.05) is 167 Å². The van der Waals surface area contributed by atoms with E-state index in [4.69, 9.17) is 30.2 Å². The lowest BCUT2D eigenvalue weighted by Crippen LogP contribution is -3.00. The van der Waals surface area contributed by atoms with E-state index in [2.05, 4.69) is 157 Å².